The van der Waals surface area contributed by atoms with E-state index in [-0.39, 0.29) is 23.4 Å². The number of hydrogen-bond acceptors (Lipinski definition) is 5. The van der Waals surface area contributed by atoms with E-state index in [0.717, 1.165) is 16.2 Å². The van der Waals surface area contributed by atoms with Crippen molar-refractivity contribution in [2.24, 2.45) is 17.8 Å². The standard InChI is InChI=1S/C19H23NO4S2/c1-11-14-8-9-20(18(22)15(14)12(2)21)16(19(23)24)17(11)26-10-25-13-6-4-3-5-7-13/h3-7,11-12,14-15,21H,8-10H2,1-2H3,(H,23,24)/t11-,12-,14-,15-/m1/s1. The third-order valence-corrected chi connectivity index (χ3v) is 7.59. The van der Waals surface area contributed by atoms with Crippen molar-refractivity contribution in [2.45, 2.75) is 31.3 Å². The maximum absolute atomic E-state index is 12.8. The second-order valence-corrected chi connectivity index (χ2v) is 9.17. The average molecular weight is 394 g/mol. The van der Waals surface area contributed by atoms with Crippen molar-refractivity contribution >= 4 is 35.4 Å². The Bertz CT molecular complexity index is 720. The number of carboxylic acid groups (broad SMARTS) is 1. The van der Waals surface area contributed by atoms with Gasteiger partial charge in [-0.25, -0.2) is 4.79 Å². The number of piperidine rings is 1. The first kappa shape index (κ1) is 19.3. The van der Waals surface area contributed by atoms with Gasteiger partial charge in [0.05, 0.1) is 12.0 Å². The first-order valence-corrected chi connectivity index (χ1v) is 10.7. The number of aliphatic hydroxyl groups is 1. The van der Waals surface area contributed by atoms with Gasteiger partial charge in [-0.2, -0.15) is 0 Å². The molecule has 1 aromatic rings. The highest BCUT2D eigenvalue weighted by molar-refractivity contribution is 8.17. The quantitative estimate of drug-likeness (QED) is 0.571. The molecule has 2 N–H and O–H groups in total. The van der Waals surface area contributed by atoms with E-state index >= 15 is 0 Å². The summed E-state index contributed by atoms with van der Waals surface area (Å²) in [5.74, 6) is -1.96. The van der Waals surface area contributed by atoms with Gasteiger partial charge in [0.25, 0.3) is 0 Å². The van der Waals surface area contributed by atoms with E-state index in [1.165, 1.54) is 16.7 Å². The van der Waals surface area contributed by atoms with Crippen LogP contribution in [0.15, 0.2) is 45.8 Å². The van der Waals surface area contributed by atoms with Crippen molar-refractivity contribution in [2.75, 3.05) is 11.6 Å². The van der Waals surface area contributed by atoms with Crippen LogP contribution >= 0.6 is 23.5 Å². The van der Waals surface area contributed by atoms with Crippen LogP contribution < -0.4 is 0 Å². The predicted octanol–water partition coefficient (Wildman–Crippen LogP) is 3.26. The first-order chi connectivity index (χ1) is 12.4. The molecule has 26 heavy (non-hydrogen) atoms. The Hall–Kier alpha value is -1.44. The third kappa shape index (κ3) is 3.66. The number of allylic oxidation sites excluding steroid dienone is 1. The number of fused-ring (bicyclic) bond motifs is 3. The Labute approximate surface area is 161 Å². The Morgan fingerprint density at radius 1 is 1.31 bits per heavy atom. The molecule has 0 aromatic heterocycles. The van der Waals surface area contributed by atoms with Crippen LogP contribution in [0.1, 0.15) is 20.3 Å². The molecule has 0 radical (unpaired) electrons. The molecule has 1 aromatic carbocycles. The molecule has 3 aliphatic heterocycles. The Kier molecular flexibility index (Phi) is 5.99. The van der Waals surface area contributed by atoms with Crippen LogP contribution in [0, 0.1) is 17.8 Å². The molecule has 2 bridgehead atoms. The molecule has 0 aliphatic carbocycles. The molecule has 3 aliphatic rings. The molecule has 0 spiro atoms. The molecule has 5 nitrogen and oxygen atoms in total. The van der Waals surface area contributed by atoms with E-state index in [9.17, 15) is 19.8 Å². The molecule has 1 fully saturated rings. The molecule has 7 heteroatoms. The number of carbonyl (C=O) groups excluding carboxylic acids is 1. The van der Waals surface area contributed by atoms with E-state index in [1.807, 2.05) is 37.3 Å². The normalized spacial score (nSPS) is 26.8. The summed E-state index contributed by atoms with van der Waals surface area (Å²) >= 11 is 3.15. The van der Waals surface area contributed by atoms with Gasteiger partial charge in [0.15, 0.2) is 0 Å². The molecule has 4 rings (SSSR count). The molecule has 4 atom stereocenters. The van der Waals surface area contributed by atoms with Gasteiger partial charge in [-0.1, -0.05) is 25.1 Å². The van der Waals surface area contributed by atoms with Crippen molar-refractivity contribution in [3.8, 4) is 0 Å². The number of carboxylic acids is 1. The lowest BCUT2D eigenvalue weighted by Crippen LogP contribution is -2.48. The van der Waals surface area contributed by atoms with Crippen LogP contribution in [0.5, 0.6) is 0 Å². The Morgan fingerprint density at radius 2 is 2.00 bits per heavy atom. The summed E-state index contributed by atoms with van der Waals surface area (Å²) in [7, 11) is 0. The maximum atomic E-state index is 12.8. The lowest BCUT2D eigenvalue weighted by atomic mass is 9.76. The number of amides is 1. The highest BCUT2D eigenvalue weighted by atomic mass is 32.2. The molecule has 1 saturated heterocycles. The molecule has 140 valence electrons. The number of thioether (sulfide) groups is 2. The van der Waals surface area contributed by atoms with Gasteiger partial charge in [-0.3, -0.25) is 4.79 Å². The average Bonchev–Trinajstić information content (AvgIpc) is 2.79. The zero-order valence-electron chi connectivity index (χ0n) is 14.8. The van der Waals surface area contributed by atoms with Gasteiger partial charge in [0, 0.05) is 21.4 Å². The van der Waals surface area contributed by atoms with Gasteiger partial charge in [-0.15, -0.1) is 23.5 Å². The van der Waals surface area contributed by atoms with E-state index < -0.39 is 18.0 Å². The summed E-state index contributed by atoms with van der Waals surface area (Å²) in [4.78, 5) is 28.0. The highest BCUT2D eigenvalue weighted by Crippen LogP contribution is 2.47. The van der Waals surface area contributed by atoms with Crippen molar-refractivity contribution in [3.05, 3.63) is 40.9 Å². The number of benzene rings is 1. The number of carbonyl (C=O) groups is 2. The number of aliphatic hydroxyl groups excluding tert-OH is 1. The van der Waals surface area contributed by atoms with Crippen LogP contribution in [0.25, 0.3) is 0 Å². The van der Waals surface area contributed by atoms with Crippen LogP contribution in [-0.2, 0) is 9.59 Å². The fourth-order valence-electron chi connectivity index (χ4n) is 3.92. The monoisotopic (exact) mass is 393 g/mol. The van der Waals surface area contributed by atoms with Crippen LogP contribution in [-0.4, -0.2) is 44.7 Å². The summed E-state index contributed by atoms with van der Waals surface area (Å²) in [5.41, 5.74) is 0.104. The van der Waals surface area contributed by atoms with Gasteiger partial charge < -0.3 is 15.1 Å². The van der Waals surface area contributed by atoms with Gasteiger partial charge in [-0.05, 0) is 37.3 Å². The van der Waals surface area contributed by atoms with Crippen LogP contribution in [0.4, 0.5) is 0 Å². The number of aliphatic carboxylic acids is 1. The van der Waals surface area contributed by atoms with Crippen LogP contribution in [0.3, 0.4) is 0 Å². The van der Waals surface area contributed by atoms with E-state index in [1.54, 1.807) is 18.7 Å². The number of nitrogens with zero attached hydrogens (tertiary/aromatic N) is 1. The zero-order valence-corrected chi connectivity index (χ0v) is 16.4. The SMILES string of the molecule is C[C@@H](O)[C@H]1C(=O)N2CC[C@@H]1[C@@H](C)C(SCSc1ccccc1)=C2C(=O)O. The second kappa shape index (κ2) is 8.06. The summed E-state index contributed by atoms with van der Waals surface area (Å²) in [6.07, 6.45) is -0.0642. The molecule has 3 heterocycles. The number of hydrogen-bond donors (Lipinski definition) is 2. The first-order valence-electron chi connectivity index (χ1n) is 8.69. The Morgan fingerprint density at radius 3 is 2.62 bits per heavy atom. The Balaban J connectivity index is 1.87. The summed E-state index contributed by atoms with van der Waals surface area (Å²) in [6.45, 7) is 4.02. The predicted molar refractivity (Wildman–Crippen MR) is 104 cm³/mol. The highest BCUT2D eigenvalue weighted by Gasteiger charge is 2.49. The van der Waals surface area contributed by atoms with E-state index in [2.05, 4.69) is 0 Å². The van der Waals surface area contributed by atoms with E-state index in [4.69, 9.17) is 0 Å². The fraction of sp³-hybridized carbons (Fsp3) is 0.474. The lowest BCUT2D eigenvalue weighted by molar-refractivity contribution is -0.148. The molecular weight excluding hydrogens is 370 g/mol. The van der Waals surface area contributed by atoms with Crippen molar-refractivity contribution in [3.63, 3.8) is 0 Å². The lowest BCUT2D eigenvalue weighted by Gasteiger charge is -2.37. The van der Waals surface area contributed by atoms with Crippen molar-refractivity contribution < 1.29 is 19.8 Å². The molecular formula is C19H23NO4S2. The van der Waals surface area contributed by atoms with Crippen molar-refractivity contribution in [1.82, 2.24) is 4.90 Å². The second-order valence-electron chi connectivity index (χ2n) is 6.74. The maximum Gasteiger partial charge on any atom is 0.353 e. The smallest absolute Gasteiger partial charge is 0.353 e. The third-order valence-electron chi connectivity index (χ3n) is 5.16. The summed E-state index contributed by atoms with van der Waals surface area (Å²) < 4.78 is 0. The summed E-state index contributed by atoms with van der Waals surface area (Å²) in [5, 5.41) is 20.6. The minimum atomic E-state index is -1.07. The summed E-state index contributed by atoms with van der Waals surface area (Å²) in [6, 6.07) is 9.95. The molecule has 1 amide bonds. The fourth-order valence-corrected chi connectivity index (χ4v) is 6.33. The largest absolute Gasteiger partial charge is 0.477 e. The topological polar surface area (TPSA) is 77.8 Å². The van der Waals surface area contributed by atoms with Gasteiger partial charge in [0.1, 0.15) is 5.70 Å². The zero-order chi connectivity index (χ0) is 18.8. The minimum Gasteiger partial charge on any atom is -0.477 e. The van der Waals surface area contributed by atoms with Gasteiger partial charge >= 0.3 is 5.97 Å². The molecule has 0 unspecified atom stereocenters. The van der Waals surface area contributed by atoms with E-state index in [0.29, 0.717) is 11.6 Å². The number of rotatable bonds is 6. The van der Waals surface area contributed by atoms with Crippen LogP contribution in [0.2, 0.25) is 0 Å². The van der Waals surface area contributed by atoms with Crippen molar-refractivity contribution in [1.29, 1.82) is 0 Å². The minimum absolute atomic E-state index is 0.0279. The van der Waals surface area contributed by atoms with Gasteiger partial charge in [0.2, 0.25) is 5.91 Å². The molecule has 0 saturated carbocycles.